The van der Waals surface area contributed by atoms with Crippen LogP contribution in [0.1, 0.15) is 65.2 Å². The van der Waals surface area contributed by atoms with Gasteiger partial charge in [-0.1, -0.05) is 19.8 Å². The molecule has 0 aromatic carbocycles. The normalized spacial score (nSPS) is 32.9. The van der Waals surface area contributed by atoms with Gasteiger partial charge in [-0.3, -0.25) is 9.59 Å². The zero-order valence-corrected chi connectivity index (χ0v) is 15.2. The Hall–Kier alpha value is -1.10. The van der Waals surface area contributed by atoms with Gasteiger partial charge in [-0.15, -0.1) is 0 Å². The van der Waals surface area contributed by atoms with Gasteiger partial charge in [0.05, 0.1) is 6.10 Å². The lowest BCUT2D eigenvalue weighted by atomic mass is 9.88. The van der Waals surface area contributed by atoms with E-state index in [-0.39, 0.29) is 30.1 Å². The van der Waals surface area contributed by atoms with Crippen LogP contribution in [-0.4, -0.2) is 59.5 Å². The minimum absolute atomic E-state index is 0.101. The number of carbonyl (C=O) groups is 2. The molecule has 3 aliphatic rings. The van der Waals surface area contributed by atoms with Crippen LogP contribution in [0.4, 0.5) is 0 Å². The van der Waals surface area contributed by atoms with Crippen LogP contribution in [0.3, 0.4) is 0 Å². The van der Waals surface area contributed by atoms with Gasteiger partial charge in [0.15, 0.2) is 0 Å². The van der Waals surface area contributed by atoms with E-state index < -0.39 is 0 Å². The van der Waals surface area contributed by atoms with Crippen LogP contribution in [0.25, 0.3) is 0 Å². The molecule has 2 amide bonds. The molecule has 1 saturated carbocycles. The van der Waals surface area contributed by atoms with Crippen molar-refractivity contribution in [2.45, 2.75) is 83.5 Å². The van der Waals surface area contributed by atoms with Crippen molar-refractivity contribution in [3.05, 3.63) is 0 Å². The van der Waals surface area contributed by atoms with E-state index in [0.717, 1.165) is 45.2 Å². The number of likely N-dealkylation sites (tertiary alicyclic amines) is 2. The molecule has 3 rings (SSSR count). The van der Waals surface area contributed by atoms with Gasteiger partial charge < -0.3 is 14.5 Å². The molecule has 24 heavy (non-hydrogen) atoms. The van der Waals surface area contributed by atoms with E-state index >= 15 is 0 Å². The Bertz CT molecular complexity index is 468. The topological polar surface area (TPSA) is 49.9 Å². The van der Waals surface area contributed by atoms with Crippen molar-refractivity contribution in [2.24, 2.45) is 5.92 Å². The molecule has 0 N–H and O–H groups in total. The standard InChI is InChI=1S/C19H32N2O3/c1-14-6-3-8-17(12-14)24-15(2)19(23)20-10-4-7-16(13-20)21-11-5-9-18(21)22/h14-17H,3-13H2,1-2H3. The van der Waals surface area contributed by atoms with Crippen LogP contribution < -0.4 is 0 Å². The molecule has 0 bridgehead atoms. The Kier molecular flexibility index (Phi) is 5.80. The molecule has 2 aliphatic heterocycles. The van der Waals surface area contributed by atoms with Gasteiger partial charge in [0, 0.05) is 32.1 Å². The molecule has 136 valence electrons. The minimum atomic E-state index is -0.367. The molecule has 0 spiro atoms. The third-order valence-electron chi connectivity index (χ3n) is 5.89. The Morgan fingerprint density at radius 3 is 2.71 bits per heavy atom. The molecule has 5 nitrogen and oxygen atoms in total. The highest BCUT2D eigenvalue weighted by molar-refractivity contribution is 5.81. The van der Waals surface area contributed by atoms with Crippen molar-refractivity contribution in [2.75, 3.05) is 19.6 Å². The van der Waals surface area contributed by atoms with Crippen molar-refractivity contribution in [3.8, 4) is 0 Å². The van der Waals surface area contributed by atoms with Gasteiger partial charge in [0.1, 0.15) is 6.10 Å². The van der Waals surface area contributed by atoms with Crippen molar-refractivity contribution >= 4 is 11.8 Å². The van der Waals surface area contributed by atoms with Gasteiger partial charge in [-0.05, 0) is 44.9 Å². The van der Waals surface area contributed by atoms with Gasteiger partial charge in [-0.2, -0.15) is 0 Å². The van der Waals surface area contributed by atoms with Crippen LogP contribution in [0, 0.1) is 5.92 Å². The quantitative estimate of drug-likeness (QED) is 0.793. The fourth-order valence-electron chi connectivity index (χ4n) is 4.57. The first kappa shape index (κ1) is 17.7. The second kappa shape index (κ2) is 7.85. The maximum atomic E-state index is 12.8. The lowest BCUT2D eigenvalue weighted by Gasteiger charge is -2.39. The predicted molar refractivity (Wildman–Crippen MR) is 92.5 cm³/mol. The van der Waals surface area contributed by atoms with E-state index in [1.165, 1.54) is 12.8 Å². The zero-order chi connectivity index (χ0) is 17.1. The first-order valence-corrected chi connectivity index (χ1v) is 9.78. The van der Waals surface area contributed by atoms with Crippen LogP contribution in [0.5, 0.6) is 0 Å². The van der Waals surface area contributed by atoms with E-state index in [4.69, 9.17) is 4.74 Å². The third kappa shape index (κ3) is 4.11. The summed E-state index contributed by atoms with van der Waals surface area (Å²) in [6, 6.07) is 0.208. The fourth-order valence-corrected chi connectivity index (χ4v) is 4.57. The molecular formula is C19H32N2O3. The maximum absolute atomic E-state index is 12.8. The molecule has 3 fully saturated rings. The summed E-state index contributed by atoms with van der Waals surface area (Å²) in [6.07, 6.45) is 8.12. The highest BCUT2D eigenvalue weighted by Crippen LogP contribution is 2.27. The van der Waals surface area contributed by atoms with E-state index in [2.05, 4.69) is 6.92 Å². The number of amides is 2. The summed E-state index contributed by atoms with van der Waals surface area (Å²) in [6.45, 7) is 6.50. The second-order valence-electron chi connectivity index (χ2n) is 7.94. The number of rotatable bonds is 4. The number of ether oxygens (including phenoxy) is 1. The molecule has 0 aromatic rings. The monoisotopic (exact) mass is 336 g/mol. The van der Waals surface area contributed by atoms with Crippen LogP contribution >= 0.6 is 0 Å². The highest BCUT2D eigenvalue weighted by atomic mass is 16.5. The van der Waals surface area contributed by atoms with Crippen molar-refractivity contribution in [3.63, 3.8) is 0 Å². The predicted octanol–water partition coefficient (Wildman–Crippen LogP) is 2.58. The third-order valence-corrected chi connectivity index (χ3v) is 5.89. The first-order valence-electron chi connectivity index (χ1n) is 9.78. The van der Waals surface area contributed by atoms with Gasteiger partial charge in [0.25, 0.3) is 5.91 Å². The lowest BCUT2D eigenvalue weighted by Crippen LogP contribution is -2.52. The number of hydrogen-bond acceptors (Lipinski definition) is 3. The molecule has 0 aromatic heterocycles. The lowest BCUT2D eigenvalue weighted by molar-refractivity contribution is -0.151. The molecule has 4 atom stereocenters. The Morgan fingerprint density at radius 1 is 1.17 bits per heavy atom. The summed E-state index contributed by atoms with van der Waals surface area (Å²) in [4.78, 5) is 28.7. The largest absolute Gasteiger partial charge is 0.365 e. The molecule has 4 unspecified atom stereocenters. The number of piperidine rings is 1. The Labute approximate surface area is 145 Å². The average molecular weight is 336 g/mol. The summed E-state index contributed by atoms with van der Waals surface area (Å²) in [5, 5.41) is 0. The fraction of sp³-hybridized carbons (Fsp3) is 0.895. The van der Waals surface area contributed by atoms with Crippen LogP contribution in [0.15, 0.2) is 0 Å². The number of nitrogens with zero attached hydrogens (tertiary/aromatic N) is 2. The van der Waals surface area contributed by atoms with Crippen LogP contribution in [-0.2, 0) is 14.3 Å². The van der Waals surface area contributed by atoms with Gasteiger partial charge in [0.2, 0.25) is 5.91 Å². The molecule has 1 aliphatic carbocycles. The van der Waals surface area contributed by atoms with E-state index in [9.17, 15) is 9.59 Å². The van der Waals surface area contributed by atoms with E-state index in [1.807, 2.05) is 16.7 Å². The molecule has 0 radical (unpaired) electrons. The summed E-state index contributed by atoms with van der Waals surface area (Å²) >= 11 is 0. The summed E-state index contributed by atoms with van der Waals surface area (Å²) in [7, 11) is 0. The smallest absolute Gasteiger partial charge is 0.251 e. The summed E-state index contributed by atoms with van der Waals surface area (Å²) in [5.41, 5.74) is 0. The van der Waals surface area contributed by atoms with Crippen molar-refractivity contribution < 1.29 is 14.3 Å². The number of hydrogen-bond donors (Lipinski definition) is 0. The minimum Gasteiger partial charge on any atom is -0.365 e. The van der Waals surface area contributed by atoms with Gasteiger partial charge >= 0.3 is 0 Å². The van der Waals surface area contributed by atoms with E-state index in [0.29, 0.717) is 18.9 Å². The van der Waals surface area contributed by atoms with E-state index in [1.54, 1.807) is 0 Å². The average Bonchev–Trinajstić information content (AvgIpc) is 3.00. The maximum Gasteiger partial charge on any atom is 0.251 e. The zero-order valence-electron chi connectivity index (χ0n) is 15.2. The SMILES string of the molecule is CC1CCCC(OC(C)C(=O)N2CCCC(N3CCCC3=O)C2)C1. The first-order chi connectivity index (χ1) is 11.5. The summed E-state index contributed by atoms with van der Waals surface area (Å²) < 4.78 is 6.09. The molecular weight excluding hydrogens is 304 g/mol. The molecule has 2 heterocycles. The van der Waals surface area contributed by atoms with Crippen molar-refractivity contribution in [1.82, 2.24) is 9.80 Å². The summed E-state index contributed by atoms with van der Waals surface area (Å²) in [5.74, 6) is 1.06. The number of carbonyl (C=O) groups excluding carboxylic acids is 2. The highest BCUT2D eigenvalue weighted by Gasteiger charge is 2.34. The van der Waals surface area contributed by atoms with Crippen molar-refractivity contribution in [1.29, 1.82) is 0 Å². The van der Waals surface area contributed by atoms with Gasteiger partial charge in [-0.25, -0.2) is 0 Å². The molecule has 5 heteroatoms. The Balaban J connectivity index is 1.52. The van der Waals surface area contributed by atoms with Crippen LogP contribution in [0.2, 0.25) is 0 Å². The Morgan fingerprint density at radius 2 is 2.00 bits per heavy atom. The molecule has 2 saturated heterocycles. The second-order valence-corrected chi connectivity index (χ2v) is 7.94.